The fourth-order valence-electron chi connectivity index (χ4n) is 0.831. The number of hydrogen-bond donors (Lipinski definition) is 2. The summed E-state index contributed by atoms with van der Waals surface area (Å²) in [5, 5.41) is 8.57. The van der Waals surface area contributed by atoms with E-state index < -0.39 is 17.3 Å². The lowest BCUT2D eigenvalue weighted by Gasteiger charge is -1.97. The molecule has 0 aliphatic rings. The van der Waals surface area contributed by atoms with Crippen LogP contribution in [0.1, 0.15) is 16.1 Å². The van der Waals surface area contributed by atoms with Gasteiger partial charge in [0.2, 0.25) is 0 Å². The molecule has 0 saturated carbocycles. The van der Waals surface area contributed by atoms with Crippen LogP contribution in [-0.2, 0) is 0 Å². The molecule has 1 rings (SSSR count). The van der Waals surface area contributed by atoms with Gasteiger partial charge in [-0.05, 0) is 12.0 Å². The Balaban J connectivity index is 3.20. The minimum Gasteiger partial charge on any atom is -0.478 e. The third kappa shape index (κ3) is 2.06. The smallest absolute Gasteiger partial charge is 0.338 e. The molecular weight excluding hydrogens is 187 g/mol. The minimum absolute atomic E-state index is 0.0679. The van der Waals surface area contributed by atoms with Gasteiger partial charge in [-0.25, -0.2) is 14.2 Å². The Morgan fingerprint density at radius 2 is 2.43 bits per heavy atom. The molecule has 0 spiro atoms. The Kier molecular flexibility index (Phi) is 3.15. The van der Waals surface area contributed by atoms with Crippen molar-refractivity contribution in [3.63, 3.8) is 0 Å². The van der Waals surface area contributed by atoms with Crippen molar-refractivity contribution >= 4 is 5.97 Å². The number of aromatic nitrogens is 1. The van der Waals surface area contributed by atoms with Gasteiger partial charge in [-0.3, -0.25) is 0 Å². The third-order valence-corrected chi connectivity index (χ3v) is 1.43. The number of halogens is 1. The fourth-order valence-corrected chi connectivity index (χ4v) is 0.831. The number of carboxylic acid groups (broad SMARTS) is 1. The number of hydrogen-bond acceptors (Lipinski definition) is 3. The van der Waals surface area contributed by atoms with Crippen LogP contribution in [0.25, 0.3) is 0 Å². The van der Waals surface area contributed by atoms with Crippen molar-refractivity contribution in [2.24, 2.45) is 5.73 Å². The van der Waals surface area contributed by atoms with Crippen molar-refractivity contribution in [1.82, 2.24) is 4.98 Å². The minimum atomic E-state index is -1.35. The molecule has 0 amide bonds. The average Bonchev–Trinajstić information content (AvgIpc) is 2.16. The highest BCUT2D eigenvalue weighted by molar-refractivity contribution is 5.88. The van der Waals surface area contributed by atoms with Gasteiger partial charge in [-0.15, -0.1) is 0 Å². The zero-order chi connectivity index (χ0) is 10.6. The molecular formula is C9H7FN2O2. The quantitative estimate of drug-likeness (QED) is 0.627. The van der Waals surface area contributed by atoms with Crippen LogP contribution in [0.15, 0.2) is 12.3 Å². The first-order valence-electron chi connectivity index (χ1n) is 3.73. The molecule has 0 aliphatic heterocycles. The lowest BCUT2D eigenvalue weighted by atomic mass is 10.2. The van der Waals surface area contributed by atoms with Crippen molar-refractivity contribution < 1.29 is 14.3 Å². The van der Waals surface area contributed by atoms with E-state index in [2.05, 4.69) is 16.8 Å². The summed E-state index contributed by atoms with van der Waals surface area (Å²) in [5.74, 6) is 2.46. The second-order valence-corrected chi connectivity index (χ2v) is 2.33. The second-order valence-electron chi connectivity index (χ2n) is 2.33. The Morgan fingerprint density at radius 1 is 1.71 bits per heavy atom. The summed E-state index contributed by atoms with van der Waals surface area (Å²) in [6.07, 6.45) is 1.19. The van der Waals surface area contributed by atoms with E-state index in [1.165, 1.54) is 6.20 Å². The van der Waals surface area contributed by atoms with E-state index in [4.69, 9.17) is 10.8 Å². The van der Waals surface area contributed by atoms with Crippen LogP contribution in [0.4, 0.5) is 4.39 Å². The van der Waals surface area contributed by atoms with Gasteiger partial charge < -0.3 is 10.8 Å². The number of pyridine rings is 1. The van der Waals surface area contributed by atoms with Gasteiger partial charge in [0.05, 0.1) is 12.1 Å². The van der Waals surface area contributed by atoms with Gasteiger partial charge >= 0.3 is 5.97 Å². The third-order valence-electron chi connectivity index (χ3n) is 1.43. The maximum atomic E-state index is 13.3. The van der Waals surface area contributed by atoms with Gasteiger partial charge in [0.15, 0.2) is 5.82 Å². The molecule has 1 heterocycles. The Labute approximate surface area is 79.6 Å². The molecule has 1 aromatic heterocycles. The fraction of sp³-hybridized carbons (Fsp3) is 0.111. The first-order valence-corrected chi connectivity index (χ1v) is 3.73. The molecule has 0 radical (unpaired) electrons. The van der Waals surface area contributed by atoms with Gasteiger partial charge in [-0.1, -0.05) is 5.92 Å². The van der Waals surface area contributed by atoms with E-state index in [1.807, 2.05) is 0 Å². The first kappa shape index (κ1) is 10.2. The normalized spacial score (nSPS) is 9.00. The van der Waals surface area contributed by atoms with Crippen molar-refractivity contribution in [3.05, 3.63) is 29.3 Å². The molecule has 4 nitrogen and oxygen atoms in total. The number of carbonyl (C=O) groups is 1. The summed E-state index contributed by atoms with van der Waals surface area (Å²) < 4.78 is 13.3. The lowest BCUT2D eigenvalue weighted by molar-refractivity contribution is 0.0691. The maximum Gasteiger partial charge on any atom is 0.338 e. The number of rotatable bonds is 1. The van der Waals surface area contributed by atoms with Crippen LogP contribution in [0.5, 0.6) is 0 Å². The van der Waals surface area contributed by atoms with Gasteiger partial charge in [0.25, 0.3) is 0 Å². The van der Waals surface area contributed by atoms with E-state index in [9.17, 15) is 9.18 Å². The number of nitrogens with zero attached hydrogens (tertiary/aromatic N) is 1. The summed E-state index contributed by atoms with van der Waals surface area (Å²) in [5.41, 5.74) is 4.44. The van der Waals surface area contributed by atoms with Crippen molar-refractivity contribution in [1.29, 1.82) is 0 Å². The highest BCUT2D eigenvalue weighted by atomic mass is 19.1. The van der Waals surface area contributed by atoms with Crippen LogP contribution >= 0.6 is 0 Å². The highest BCUT2D eigenvalue weighted by Crippen LogP contribution is 2.08. The Morgan fingerprint density at radius 3 is 3.00 bits per heavy atom. The van der Waals surface area contributed by atoms with E-state index in [0.717, 1.165) is 6.07 Å². The van der Waals surface area contributed by atoms with Crippen LogP contribution in [0, 0.1) is 17.7 Å². The molecule has 3 N–H and O–H groups in total. The van der Waals surface area contributed by atoms with Gasteiger partial charge in [0, 0.05) is 6.20 Å². The Hall–Kier alpha value is -1.93. The zero-order valence-corrected chi connectivity index (χ0v) is 7.12. The second kappa shape index (κ2) is 4.35. The summed E-state index contributed by atoms with van der Waals surface area (Å²) in [6, 6.07) is 1.07. The molecule has 14 heavy (non-hydrogen) atoms. The predicted molar refractivity (Wildman–Crippen MR) is 47.1 cm³/mol. The molecule has 0 fully saturated rings. The number of nitrogens with two attached hydrogens (primary N) is 1. The monoisotopic (exact) mass is 194 g/mol. The van der Waals surface area contributed by atoms with E-state index in [1.54, 1.807) is 0 Å². The Bertz CT molecular complexity index is 421. The van der Waals surface area contributed by atoms with E-state index in [-0.39, 0.29) is 12.2 Å². The molecule has 0 aliphatic carbocycles. The largest absolute Gasteiger partial charge is 0.478 e. The van der Waals surface area contributed by atoms with Gasteiger partial charge in [-0.2, -0.15) is 0 Å². The molecule has 5 heteroatoms. The van der Waals surface area contributed by atoms with Crippen molar-refractivity contribution in [3.8, 4) is 11.8 Å². The summed E-state index contributed by atoms with van der Waals surface area (Å²) in [7, 11) is 0. The standard InChI is InChI=1S/C9H7FN2O2/c10-8-6(9(13)14)3-5-12-7(8)2-1-4-11/h3,5H,4,11H2,(H,13,14). The summed E-state index contributed by atoms with van der Waals surface area (Å²) in [6.45, 7) is 0.0679. The summed E-state index contributed by atoms with van der Waals surface area (Å²) >= 11 is 0. The molecule has 0 unspecified atom stereocenters. The maximum absolute atomic E-state index is 13.3. The zero-order valence-electron chi connectivity index (χ0n) is 7.12. The molecule has 0 bridgehead atoms. The van der Waals surface area contributed by atoms with Crippen LogP contribution in [0.2, 0.25) is 0 Å². The van der Waals surface area contributed by atoms with Crippen molar-refractivity contribution in [2.75, 3.05) is 6.54 Å². The molecule has 0 aromatic carbocycles. The average molecular weight is 194 g/mol. The molecule has 1 aromatic rings. The summed E-state index contributed by atoms with van der Waals surface area (Å²) in [4.78, 5) is 14.1. The predicted octanol–water partition coefficient (Wildman–Crippen LogP) is 0.229. The van der Waals surface area contributed by atoms with Gasteiger partial charge in [0.1, 0.15) is 5.69 Å². The van der Waals surface area contributed by atoms with Crippen LogP contribution < -0.4 is 5.73 Å². The SMILES string of the molecule is NCC#Cc1nccc(C(=O)O)c1F. The molecule has 0 atom stereocenters. The number of aromatic carboxylic acids is 1. The van der Waals surface area contributed by atoms with E-state index in [0.29, 0.717) is 0 Å². The first-order chi connectivity index (χ1) is 6.66. The van der Waals surface area contributed by atoms with Crippen LogP contribution in [-0.4, -0.2) is 22.6 Å². The lowest BCUT2D eigenvalue weighted by Crippen LogP contribution is -2.04. The van der Waals surface area contributed by atoms with Crippen molar-refractivity contribution in [2.45, 2.75) is 0 Å². The number of carboxylic acids is 1. The molecule has 0 saturated heterocycles. The highest BCUT2D eigenvalue weighted by Gasteiger charge is 2.13. The van der Waals surface area contributed by atoms with E-state index >= 15 is 0 Å². The molecule has 72 valence electrons. The van der Waals surface area contributed by atoms with Crippen LogP contribution in [0.3, 0.4) is 0 Å². The topological polar surface area (TPSA) is 76.2 Å².